The smallest absolute Gasteiger partial charge is 0.279 e. The second kappa shape index (κ2) is 3.34. The largest absolute Gasteiger partial charge is 0.297 e. The molecule has 2 aromatic heterocycles. The monoisotopic (exact) mass is 226 g/mol. The normalized spacial score (nSPS) is 11.2. The van der Waals surface area contributed by atoms with Crippen LogP contribution >= 0.6 is 11.6 Å². The quantitative estimate of drug-likeness (QED) is 0.674. The minimum absolute atomic E-state index is 0.112. The summed E-state index contributed by atoms with van der Waals surface area (Å²) >= 11 is 5.71. The summed E-state index contributed by atoms with van der Waals surface area (Å²) in [4.78, 5) is 16.3. The number of hydrogen-bond acceptors (Lipinski definition) is 3. The number of halogens is 1. The predicted molar refractivity (Wildman–Crippen MR) is 58.0 cm³/mol. The first-order valence-corrected chi connectivity index (χ1v) is 5.05. The lowest BCUT2D eigenvalue weighted by Crippen LogP contribution is -2.23. The molecule has 6 heteroatoms. The molecule has 0 aliphatic carbocycles. The summed E-state index contributed by atoms with van der Waals surface area (Å²) in [6.07, 6.45) is 0. The molecule has 0 fully saturated rings. The van der Waals surface area contributed by atoms with E-state index in [1.165, 1.54) is 4.57 Å². The van der Waals surface area contributed by atoms with Crippen LogP contribution in [0.15, 0.2) is 4.79 Å². The lowest BCUT2D eigenvalue weighted by Gasteiger charge is -2.04. The van der Waals surface area contributed by atoms with Crippen molar-refractivity contribution in [2.75, 3.05) is 0 Å². The van der Waals surface area contributed by atoms with Crippen LogP contribution in [0.25, 0.3) is 11.0 Å². The summed E-state index contributed by atoms with van der Waals surface area (Å²) in [5.41, 5.74) is 1.79. The minimum atomic E-state index is -0.112. The van der Waals surface area contributed by atoms with Gasteiger partial charge in [0.2, 0.25) is 0 Å². The molecule has 0 atom stereocenters. The number of aromatic nitrogens is 4. The van der Waals surface area contributed by atoms with Crippen molar-refractivity contribution >= 4 is 22.6 Å². The maximum absolute atomic E-state index is 11.9. The predicted octanol–water partition coefficient (Wildman–Crippen LogP) is 0.714. The molecule has 0 spiro atoms. The van der Waals surface area contributed by atoms with Crippen molar-refractivity contribution < 1.29 is 0 Å². The summed E-state index contributed by atoms with van der Waals surface area (Å²) in [6, 6.07) is 0. The Hall–Kier alpha value is -1.36. The van der Waals surface area contributed by atoms with Gasteiger partial charge in [-0.15, -0.1) is 11.6 Å². The van der Waals surface area contributed by atoms with Crippen molar-refractivity contribution in [1.29, 1.82) is 0 Å². The second-order valence-electron chi connectivity index (χ2n) is 3.43. The van der Waals surface area contributed by atoms with E-state index in [2.05, 4.69) is 10.1 Å². The molecule has 2 rings (SSSR count). The van der Waals surface area contributed by atoms with E-state index in [1.54, 1.807) is 18.8 Å². The van der Waals surface area contributed by atoms with Crippen LogP contribution in [0.3, 0.4) is 0 Å². The van der Waals surface area contributed by atoms with Crippen LogP contribution in [-0.4, -0.2) is 19.3 Å². The van der Waals surface area contributed by atoms with Crippen LogP contribution in [0.5, 0.6) is 0 Å². The Balaban J connectivity index is 3.00. The number of nitrogens with zero attached hydrogens (tertiary/aromatic N) is 4. The maximum atomic E-state index is 11.9. The van der Waals surface area contributed by atoms with Crippen LogP contribution in [0.1, 0.15) is 11.5 Å². The molecular formula is C9H11ClN4O. The second-order valence-corrected chi connectivity index (χ2v) is 3.70. The van der Waals surface area contributed by atoms with Gasteiger partial charge in [0.25, 0.3) is 5.56 Å². The Kier molecular flexibility index (Phi) is 2.26. The van der Waals surface area contributed by atoms with Crippen molar-refractivity contribution in [2.24, 2.45) is 14.1 Å². The van der Waals surface area contributed by atoms with Crippen molar-refractivity contribution in [3.63, 3.8) is 0 Å². The van der Waals surface area contributed by atoms with Crippen LogP contribution in [0.4, 0.5) is 0 Å². The van der Waals surface area contributed by atoms with Crippen LogP contribution < -0.4 is 5.56 Å². The average Bonchev–Trinajstić information content (AvgIpc) is 2.47. The summed E-state index contributed by atoms with van der Waals surface area (Å²) < 4.78 is 3.01. The molecule has 0 radical (unpaired) electrons. The highest BCUT2D eigenvalue weighted by molar-refractivity contribution is 6.16. The molecule has 2 heterocycles. The van der Waals surface area contributed by atoms with Crippen molar-refractivity contribution in [1.82, 2.24) is 19.3 Å². The molecule has 0 saturated carbocycles. The van der Waals surface area contributed by atoms with Gasteiger partial charge in [-0.3, -0.25) is 14.0 Å². The molecule has 2 aromatic rings. The van der Waals surface area contributed by atoms with Gasteiger partial charge in [0.15, 0.2) is 5.52 Å². The standard InChI is InChI=1S/C9H11ClN4O/c1-5-7-8(14(3)12-5)9(15)13(2)6(4-10)11-7/h4H2,1-3H3. The highest BCUT2D eigenvalue weighted by Gasteiger charge is 2.13. The summed E-state index contributed by atoms with van der Waals surface area (Å²) in [7, 11) is 3.40. The fourth-order valence-electron chi connectivity index (χ4n) is 1.62. The van der Waals surface area contributed by atoms with Crippen LogP contribution in [0, 0.1) is 6.92 Å². The molecule has 0 unspecified atom stereocenters. The Morgan fingerprint density at radius 3 is 2.67 bits per heavy atom. The lowest BCUT2D eigenvalue weighted by atomic mass is 10.3. The third-order valence-electron chi connectivity index (χ3n) is 2.45. The first-order chi connectivity index (χ1) is 7.06. The minimum Gasteiger partial charge on any atom is -0.297 e. The van der Waals surface area contributed by atoms with Gasteiger partial charge in [0.1, 0.15) is 11.3 Å². The van der Waals surface area contributed by atoms with E-state index in [1.807, 2.05) is 6.92 Å². The zero-order valence-corrected chi connectivity index (χ0v) is 9.54. The van der Waals surface area contributed by atoms with Crippen molar-refractivity contribution in [3.8, 4) is 0 Å². The SMILES string of the molecule is Cc1nn(C)c2c(=O)n(C)c(CCl)nc12. The molecule has 0 aliphatic rings. The van der Waals surface area contributed by atoms with Gasteiger partial charge in [-0.05, 0) is 6.92 Å². The van der Waals surface area contributed by atoms with E-state index in [0.29, 0.717) is 16.9 Å². The highest BCUT2D eigenvalue weighted by atomic mass is 35.5. The molecule has 0 N–H and O–H groups in total. The molecule has 5 nitrogen and oxygen atoms in total. The first kappa shape index (κ1) is 10.2. The van der Waals surface area contributed by atoms with Crippen molar-refractivity contribution in [3.05, 3.63) is 21.9 Å². The maximum Gasteiger partial charge on any atom is 0.279 e. The van der Waals surface area contributed by atoms with E-state index >= 15 is 0 Å². The highest BCUT2D eigenvalue weighted by Crippen LogP contribution is 2.12. The molecule has 15 heavy (non-hydrogen) atoms. The Morgan fingerprint density at radius 1 is 1.40 bits per heavy atom. The molecular weight excluding hydrogens is 216 g/mol. The van der Waals surface area contributed by atoms with Crippen molar-refractivity contribution in [2.45, 2.75) is 12.8 Å². The molecule has 0 saturated heterocycles. The zero-order chi connectivity index (χ0) is 11.2. The van der Waals surface area contributed by atoms with Gasteiger partial charge in [0, 0.05) is 14.1 Å². The van der Waals surface area contributed by atoms with E-state index in [4.69, 9.17) is 11.6 Å². The number of rotatable bonds is 1. The summed E-state index contributed by atoms with van der Waals surface area (Å²) in [6.45, 7) is 1.83. The van der Waals surface area contributed by atoms with E-state index in [0.717, 1.165) is 5.69 Å². The van der Waals surface area contributed by atoms with Gasteiger partial charge in [-0.1, -0.05) is 0 Å². The molecule has 80 valence electrons. The molecule has 0 bridgehead atoms. The number of hydrogen-bond donors (Lipinski definition) is 0. The first-order valence-electron chi connectivity index (χ1n) is 4.51. The number of fused-ring (bicyclic) bond motifs is 1. The topological polar surface area (TPSA) is 52.7 Å². The van der Waals surface area contributed by atoms with Gasteiger partial charge < -0.3 is 0 Å². The van der Waals surface area contributed by atoms with Gasteiger partial charge in [-0.2, -0.15) is 5.10 Å². The molecule has 0 aromatic carbocycles. The Bertz CT molecular complexity index is 584. The average molecular weight is 227 g/mol. The van der Waals surface area contributed by atoms with Crippen LogP contribution in [-0.2, 0) is 20.0 Å². The number of aryl methyl sites for hydroxylation is 2. The van der Waals surface area contributed by atoms with Crippen LogP contribution in [0.2, 0.25) is 0 Å². The molecule has 0 amide bonds. The number of alkyl halides is 1. The van der Waals surface area contributed by atoms with Gasteiger partial charge >= 0.3 is 0 Å². The summed E-state index contributed by atoms with van der Waals surface area (Å²) in [5.74, 6) is 0.779. The fraction of sp³-hybridized carbons (Fsp3) is 0.444. The van der Waals surface area contributed by atoms with Gasteiger partial charge in [-0.25, -0.2) is 4.98 Å². The fourth-order valence-corrected chi connectivity index (χ4v) is 1.86. The van der Waals surface area contributed by atoms with E-state index < -0.39 is 0 Å². The Morgan fingerprint density at radius 2 is 2.07 bits per heavy atom. The van der Waals surface area contributed by atoms with E-state index in [9.17, 15) is 4.79 Å². The summed E-state index contributed by atoms with van der Waals surface area (Å²) in [5, 5.41) is 4.17. The third kappa shape index (κ3) is 1.34. The third-order valence-corrected chi connectivity index (χ3v) is 2.68. The molecule has 0 aliphatic heterocycles. The lowest BCUT2D eigenvalue weighted by molar-refractivity contribution is 0.749. The van der Waals surface area contributed by atoms with Gasteiger partial charge in [0.05, 0.1) is 11.6 Å². The Labute approximate surface area is 91.3 Å². The zero-order valence-electron chi connectivity index (χ0n) is 8.78. The van der Waals surface area contributed by atoms with E-state index in [-0.39, 0.29) is 11.4 Å².